The van der Waals surface area contributed by atoms with E-state index >= 15 is 0 Å². The molecular formula is C16H21N5O3S. The van der Waals surface area contributed by atoms with Crippen LogP contribution in [0, 0.1) is 11.8 Å². The molecule has 0 aromatic carbocycles. The Kier molecular flexibility index (Phi) is 5.42. The topological polar surface area (TPSA) is 99.0 Å². The van der Waals surface area contributed by atoms with Gasteiger partial charge in [0.2, 0.25) is 0 Å². The highest BCUT2D eigenvalue weighted by atomic mass is 32.1. The summed E-state index contributed by atoms with van der Waals surface area (Å²) in [5.41, 5.74) is 0.537. The summed E-state index contributed by atoms with van der Waals surface area (Å²) in [6.07, 6.45) is 4.68. The summed E-state index contributed by atoms with van der Waals surface area (Å²) >= 11 is 1.22. The molecule has 0 saturated heterocycles. The molecule has 0 radical (unpaired) electrons. The zero-order chi connectivity index (χ0) is 17.8. The number of amides is 1. The van der Waals surface area contributed by atoms with Gasteiger partial charge in [-0.2, -0.15) is 4.68 Å². The highest BCUT2D eigenvalue weighted by Crippen LogP contribution is 2.29. The van der Waals surface area contributed by atoms with E-state index in [-0.39, 0.29) is 18.6 Å². The van der Waals surface area contributed by atoms with Crippen LogP contribution in [0.4, 0.5) is 0 Å². The zero-order valence-corrected chi connectivity index (χ0v) is 15.0. The second kappa shape index (κ2) is 7.73. The van der Waals surface area contributed by atoms with E-state index in [0.29, 0.717) is 22.4 Å². The molecule has 2 heterocycles. The number of aromatic nitrogens is 4. The summed E-state index contributed by atoms with van der Waals surface area (Å²) < 4.78 is 6.56. The molecule has 134 valence electrons. The molecule has 3 rings (SSSR count). The Bertz CT molecular complexity index is 730. The van der Waals surface area contributed by atoms with Crippen molar-refractivity contribution in [2.75, 3.05) is 6.61 Å². The number of thiophene rings is 1. The van der Waals surface area contributed by atoms with Gasteiger partial charge in [0.05, 0.1) is 5.69 Å². The van der Waals surface area contributed by atoms with Gasteiger partial charge in [-0.15, -0.1) is 16.4 Å². The Balaban J connectivity index is 1.54. The molecule has 0 bridgehead atoms. The molecule has 1 fully saturated rings. The molecule has 25 heavy (non-hydrogen) atoms. The van der Waals surface area contributed by atoms with E-state index in [4.69, 9.17) is 4.74 Å². The van der Waals surface area contributed by atoms with Gasteiger partial charge in [0.15, 0.2) is 6.61 Å². The summed E-state index contributed by atoms with van der Waals surface area (Å²) in [7, 11) is 0. The van der Waals surface area contributed by atoms with Crippen LogP contribution in [0.5, 0.6) is 0 Å². The SMILES string of the molecule is C[C@H]1[C@H](C)CCC[C@@H]1NC(=O)COC(=O)c1sccc1-n1cnnn1. The number of carbonyl (C=O) groups excluding carboxylic acids is 2. The summed E-state index contributed by atoms with van der Waals surface area (Å²) in [6.45, 7) is 4.08. The Morgan fingerprint density at radius 1 is 1.40 bits per heavy atom. The molecular weight excluding hydrogens is 342 g/mol. The van der Waals surface area contributed by atoms with Crippen molar-refractivity contribution in [3.63, 3.8) is 0 Å². The minimum Gasteiger partial charge on any atom is -0.451 e. The van der Waals surface area contributed by atoms with E-state index in [1.807, 2.05) is 0 Å². The van der Waals surface area contributed by atoms with Crippen molar-refractivity contribution in [3.05, 3.63) is 22.7 Å². The maximum absolute atomic E-state index is 12.3. The standard InChI is InChI=1S/C16H21N5O3S/c1-10-4-3-5-12(11(10)2)18-14(22)8-24-16(23)15-13(6-7-25-15)21-9-17-19-20-21/h6-7,9-12H,3-5,8H2,1-2H3,(H,18,22)/t10-,11+,12+/m1/s1. The Morgan fingerprint density at radius 2 is 2.24 bits per heavy atom. The van der Waals surface area contributed by atoms with Gasteiger partial charge in [0.1, 0.15) is 11.2 Å². The van der Waals surface area contributed by atoms with Crippen molar-refractivity contribution in [2.24, 2.45) is 11.8 Å². The van der Waals surface area contributed by atoms with Gasteiger partial charge in [-0.05, 0) is 40.1 Å². The number of carbonyl (C=O) groups is 2. The van der Waals surface area contributed by atoms with Crippen molar-refractivity contribution < 1.29 is 14.3 Å². The highest BCUT2D eigenvalue weighted by Gasteiger charge is 2.28. The summed E-state index contributed by atoms with van der Waals surface area (Å²) in [6, 6.07) is 1.87. The van der Waals surface area contributed by atoms with Crippen LogP contribution in [-0.2, 0) is 9.53 Å². The molecule has 0 unspecified atom stereocenters. The number of nitrogens with zero attached hydrogens (tertiary/aromatic N) is 4. The van der Waals surface area contributed by atoms with Crippen molar-refractivity contribution in [1.29, 1.82) is 0 Å². The first-order chi connectivity index (χ1) is 12.1. The predicted molar refractivity (Wildman–Crippen MR) is 91.4 cm³/mol. The summed E-state index contributed by atoms with van der Waals surface area (Å²) in [5, 5.41) is 15.6. The van der Waals surface area contributed by atoms with Crippen LogP contribution < -0.4 is 5.32 Å². The van der Waals surface area contributed by atoms with E-state index in [1.165, 1.54) is 28.8 Å². The number of hydrogen-bond acceptors (Lipinski definition) is 7. The average molecular weight is 363 g/mol. The first-order valence-corrected chi connectivity index (χ1v) is 9.21. The third kappa shape index (κ3) is 4.04. The number of esters is 1. The molecule has 0 spiro atoms. The monoisotopic (exact) mass is 363 g/mol. The number of rotatable bonds is 5. The van der Waals surface area contributed by atoms with Crippen LogP contribution in [0.15, 0.2) is 17.8 Å². The quantitative estimate of drug-likeness (QED) is 0.814. The fraction of sp³-hybridized carbons (Fsp3) is 0.562. The van der Waals surface area contributed by atoms with E-state index in [0.717, 1.165) is 12.8 Å². The normalized spacial score (nSPS) is 23.2. The number of tetrazole rings is 1. The first-order valence-electron chi connectivity index (χ1n) is 8.33. The lowest BCUT2D eigenvalue weighted by Gasteiger charge is -2.34. The van der Waals surface area contributed by atoms with Crippen LogP contribution >= 0.6 is 11.3 Å². The molecule has 9 heteroatoms. The minimum atomic E-state index is -0.555. The summed E-state index contributed by atoms with van der Waals surface area (Å²) in [5.74, 6) is 0.198. The molecule has 1 aliphatic carbocycles. The maximum Gasteiger partial charge on any atom is 0.351 e. The van der Waals surface area contributed by atoms with Gasteiger partial charge < -0.3 is 10.1 Å². The maximum atomic E-state index is 12.3. The van der Waals surface area contributed by atoms with Crippen LogP contribution in [-0.4, -0.2) is 44.7 Å². The van der Waals surface area contributed by atoms with Crippen LogP contribution in [0.25, 0.3) is 5.69 Å². The lowest BCUT2D eigenvalue weighted by molar-refractivity contribution is -0.125. The summed E-state index contributed by atoms with van der Waals surface area (Å²) in [4.78, 5) is 24.8. The molecule has 2 aromatic heterocycles. The molecule has 1 N–H and O–H groups in total. The zero-order valence-electron chi connectivity index (χ0n) is 14.2. The van der Waals surface area contributed by atoms with Crippen molar-refractivity contribution in [1.82, 2.24) is 25.5 Å². The third-order valence-corrected chi connectivity index (χ3v) is 5.70. The van der Waals surface area contributed by atoms with E-state index in [1.54, 1.807) is 11.4 Å². The lowest BCUT2D eigenvalue weighted by atomic mass is 9.78. The Hall–Kier alpha value is -2.29. The van der Waals surface area contributed by atoms with Crippen LogP contribution in [0.3, 0.4) is 0 Å². The second-order valence-electron chi connectivity index (χ2n) is 6.41. The number of hydrogen-bond donors (Lipinski definition) is 1. The average Bonchev–Trinajstić information content (AvgIpc) is 3.27. The minimum absolute atomic E-state index is 0.147. The fourth-order valence-electron chi connectivity index (χ4n) is 3.14. The molecule has 1 saturated carbocycles. The first kappa shape index (κ1) is 17.5. The van der Waals surface area contributed by atoms with Crippen molar-refractivity contribution in [3.8, 4) is 5.69 Å². The smallest absolute Gasteiger partial charge is 0.351 e. The van der Waals surface area contributed by atoms with Crippen molar-refractivity contribution >= 4 is 23.2 Å². The van der Waals surface area contributed by atoms with Gasteiger partial charge in [0.25, 0.3) is 5.91 Å². The molecule has 2 aromatic rings. The molecule has 0 aliphatic heterocycles. The molecule has 1 amide bonds. The van der Waals surface area contributed by atoms with Gasteiger partial charge in [-0.1, -0.05) is 26.7 Å². The van der Waals surface area contributed by atoms with Crippen LogP contribution in [0.2, 0.25) is 0 Å². The highest BCUT2D eigenvalue weighted by molar-refractivity contribution is 7.12. The Labute approximate surface area is 149 Å². The molecule has 1 aliphatic rings. The molecule has 3 atom stereocenters. The number of nitrogens with one attached hydrogen (secondary N) is 1. The fourth-order valence-corrected chi connectivity index (χ4v) is 3.91. The largest absolute Gasteiger partial charge is 0.451 e. The van der Waals surface area contributed by atoms with Gasteiger partial charge in [-0.3, -0.25) is 4.79 Å². The number of ether oxygens (including phenoxy) is 1. The third-order valence-electron chi connectivity index (χ3n) is 4.81. The predicted octanol–water partition coefficient (Wildman–Crippen LogP) is 1.82. The van der Waals surface area contributed by atoms with Crippen molar-refractivity contribution in [2.45, 2.75) is 39.2 Å². The van der Waals surface area contributed by atoms with Gasteiger partial charge in [0, 0.05) is 6.04 Å². The lowest BCUT2D eigenvalue weighted by Crippen LogP contribution is -2.45. The van der Waals surface area contributed by atoms with Crippen LogP contribution in [0.1, 0.15) is 42.8 Å². The molecule has 8 nitrogen and oxygen atoms in total. The van der Waals surface area contributed by atoms with E-state index in [9.17, 15) is 9.59 Å². The second-order valence-corrected chi connectivity index (χ2v) is 7.32. The van der Waals surface area contributed by atoms with Gasteiger partial charge in [-0.25, -0.2) is 4.79 Å². The van der Waals surface area contributed by atoms with E-state index in [2.05, 4.69) is 34.7 Å². The van der Waals surface area contributed by atoms with Gasteiger partial charge >= 0.3 is 5.97 Å². The van der Waals surface area contributed by atoms with E-state index < -0.39 is 5.97 Å². The Morgan fingerprint density at radius 3 is 3.00 bits per heavy atom.